The van der Waals surface area contributed by atoms with Crippen LogP contribution in [0.4, 0.5) is 0 Å². The van der Waals surface area contributed by atoms with E-state index < -0.39 is 0 Å². The third-order valence-electron chi connectivity index (χ3n) is 1.57. The summed E-state index contributed by atoms with van der Waals surface area (Å²) in [5.74, 6) is -0.319. The second kappa shape index (κ2) is 7.06. The van der Waals surface area contributed by atoms with Gasteiger partial charge in [0.1, 0.15) is 0 Å². The maximum atomic E-state index is 10.9. The molecule has 0 amide bonds. The van der Waals surface area contributed by atoms with E-state index in [1.165, 1.54) is 7.11 Å². The van der Waals surface area contributed by atoms with Crippen molar-refractivity contribution in [3.63, 3.8) is 0 Å². The number of carbonyl (C=O) groups is 1. The zero-order valence-corrected chi connectivity index (χ0v) is 7.67. The van der Waals surface area contributed by atoms with E-state index in [1.54, 1.807) is 6.92 Å². The Hall–Kier alpha value is -0.610. The molecule has 0 rings (SSSR count). The van der Waals surface area contributed by atoms with Gasteiger partial charge in [-0.25, -0.2) is 0 Å². The average Bonchev–Trinajstić information content (AvgIpc) is 2.10. The van der Waals surface area contributed by atoms with E-state index in [0.717, 1.165) is 6.54 Å². The van der Waals surface area contributed by atoms with E-state index in [9.17, 15) is 4.79 Å². The molecule has 12 heavy (non-hydrogen) atoms. The number of aliphatic hydroxyl groups is 1. The van der Waals surface area contributed by atoms with Gasteiger partial charge in [-0.1, -0.05) is 6.92 Å². The SMILES string of the molecule is COC(=O)C(C)CNCCCO. The fourth-order valence-corrected chi connectivity index (χ4v) is 0.807. The van der Waals surface area contributed by atoms with Gasteiger partial charge in [-0.3, -0.25) is 4.79 Å². The van der Waals surface area contributed by atoms with Crippen molar-refractivity contribution in [3.8, 4) is 0 Å². The summed E-state index contributed by atoms with van der Waals surface area (Å²) in [4.78, 5) is 10.9. The molecule has 0 saturated carbocycles. The molecule has 0 aromatic carbocycles. The summed E-state index contributed by atoms with van der Waals surface area (Å²) in [6.07, 6.45) is 0.716. The maximum absolute atomic E-state index is 10.9. The lowest BCUT2D eigenvalue weighted by molar-refractivity contribution is -0.144. The third kappa shape index (κ3) is 5.09. The minimum atomic E-state index is -0.202. The summed E-state index contributed by atoms with van der Waals surface area (Å²) in [5.41, 5.74) is 0. The van der Waals surface area contributed by atoms with Gasteiger partial charge in [0.2, 0.25) is 0 Å². The van der Waals surface area contributed by atoms with Crippen LogP contribution in [0.5, 0.6) is 0 Å². The van der Waals surface area contributed by atoms with Crippen LogP contribution in [0.25, 0.3) is 0 Å². The number of aliphatic hydroxyl groups excluding tert-OH is 1. The number of methoxy groups -OCH3 is 1. The summed E-state index contributed by atoms with van der Waals surface area (Å²) in [5, 5.41) is 11.5. The van der Waals surface area contributed by atoms with E-state index in [4.69, 9.17) is 5.11 Å². The van der Waals surface area contributed by atoms with Crippen LogP contribution < -0.4 is 5.32 Å². The Morgan fingerprint density at radius 2 is 2.33 bits per heavy atom. The van der Waals surface area contributed by atoms with Gasteiger partial charge in [0, 0.05) is 13.2 Å². The van der Waals surface area contributed by atoms with Crippen LogP contribution in [0, 0.1) is 5.92 Å². The highest BCUT2D eigenvalue weighted by atomic mass is 16.5. The first-order chi connectivity index (χ1) is 5.72. The molecule has 0 aliphatic carbocycles. The predicted molar refractivity (Wildman–Crippen MR) is 45.8 cm³/mol. The van der Waals surface area contributed by atoms with E-state index in [2.05, 4.69) is 10.1 Å². The van der Waals surface area contributed by atoms with E-state index in [0.29, 0.717) is 13.0 Å². The number of nitrogens with one attached hydrogen (secondary N) is 1. The van der Waals surface area contributed by atoms with Crippen LogP contribution in [0.1, 0.15) is 13.3 Å². The fraction of sp³-hybridized carbons (Fsp3) is 0.875. The number of ether oxygens (including phenoxy) is 1. The molecule has 0 aromatic rings. The molecule has 4 heteroatoms. The number of rotatable bonds is 6. The molecule has 0 bridgehead atoms. The Kier molecular flexibility index (Phi) is 6.70. The van der Waals surface area contributed by atoms with Crippen molar-refractivity contribution in [3.05, 3.63) is 0 Å². The number of hydrogen-bond acceptors (Lipinski definition) is 4. The summed E-state index contributed by atoms with van der Waals surface area (Å²) in [7, 11) is 1.38. The molecule has 72 valence electrons. The van der Waals surface area contributed by atoms with Gasteiger partial charge in [-0.05, 0) is 13.0 Å². The second-order valence-electron chi connectivity index (χ2n) is 2.71. The Morgan fingerprint density at radius 3 is 2.83 bits per heavy atom. The monoisotopic (exact) mass is 175 g/mol. The van der Waals surface area contributed by atoms with Crippen LogP contribution in [-0.2, 0) is 9.53 Å². The third-order valence-corrected chi connectivity index (χ3v) is 1.57. The first-order valence-corrected chi connectivity index (χ1v) is 4.11. The first kappa shape index (κ1) is 11.4. The topological polar surface area (TPSA) is 58.6 Å². The van der Waals surface area contributed by atoms with Crippen molar-refractivity contribution in [2.45, 2.75) is 13.3 Å². The van der Waals surface area contributed by atoms with Crippen LogP contribution in [0.2, 0.25) is 0 Å². The molecule has 2 N–H and O–H groups in total. The van der Waals surface area contributed by atoms with Gasteiger partial charge in [0.25, 0.3) is 0 Å². The molecule has 0 radical (unpaired) electrons. The van der Waals surface area contributed by atoms with Crippen LogP contribution in [-0.4, -0.2) is 37.9 Å². The molecule has 0 aromatic heterocycles. The standard InChI is InChI=1S/C8H17NO3/c1-7(8(11)12-2)6-9-4-3-5-10/h7,9-10H,3-6H2,1-2H3. The van der Waals surface area contributed by atoms with Crippen molar-refractivity contribution in [2.24, 2.45) is 5.92 Å². The summed E-state index contributed by atoms with van der Waals surface area (Å²) < 4.78 is 4.54. The quantitative estimate of drug-likeness (QED) is 0.432. The van der Waals surface area contributed by atoms with Crippen LogP contribution >= 0.6 is 0 Å². The minimum Gasteiger partial charge on any atom is -0.469 e. The van der Waals surface area contributed by atoms with Crippen LogP contribution in [0.15, 0.2) is 0 Å². The van der Waals surface area contributed by atoms with Gasteiger partial charge in [0.05, 0.1) is 13.0 Å². The molecule has 0 fully saturated rings. The lowest BCUT2D eigenvalue weighted by Gasteiger charge is -2.09. The molecular formula is C8H17NO3. The first-order valence-electron chi connectivity index (χ1n) is 4.11. The van der Waals surface area contributed by atoms with E-state index in [-0.39, 0.29) is 18.5 Å². The zero-order chi connectivity index (χ0) is 9.40. The molecule has 0 aliphatic heterocycles. The Morgan fingerprint density at radius 1 is 1.67 bits per heavy atom. The maximum Gasteiger partial charge on any atom is 0.309 e. The summed E-state index contributed by atoms with van der Waals surface area (Å²) in [6, 6.07) is 0. The second-order valence-corrected chi connectivity index (χ2v) is 2.71. The minimum absolute atomic E-state index is 0.117. The van der Waals surface area contributed by atoms with Crippen molar-refractivity contribution >= 4 is 5.97 Å². The highest BCUT2D eigenvalue weighted by Crippen LogP contribution is 1.94. The molecule has 0 aliphatic rings. The van der Waals surface area contributed by atoms with Gasteiger partial charge in [0.15, 0.2) is 0 Å². The molecule has 1 atom stereocenters. The van der Waals surface area contributed by atoms with Gasteiger partial charge < -0.3 is 15.2 Å². The Balaban J connectivity index is 3.31. The lowest BCUT2D eigenvalue weighted by Crippen LogP contribution is -2.28. The Bertz CT molecular complexity index is 127. The van der Waals surface area contributed by atoms with Gasteiger partial charge in [-0.15, -0.1) is 0 Å². The molecule has 0 saturated heterocycles. The van der Waals surface area contributed by atoms with E-state index in [1.807, 2.05) is 0 Å². The van der Waals surface area contributed by atoms with Crippen molar-refractivity contribution in [1.29, 1.82) is 0 Å². The number of esters is 1. The molecular weight excluding hydrogens is 158 g/mol. The van der Waals surface area contributed by atoms with E-state index >= 15 is 0 Å². The van der Waals surface area contributed by atoms with Crippen LogP contribution in [0.3, 0.4) is 0 Å². The smallest absolute Gasteiger partial charge is 0.309 e. The summed E-state index contributed by atoms with van der Waals surface area (Å²) >= 11 is 0. The molecule has 0 heterocycles. The normalized spacial score (nSPS) is 12.6. The molecule has 1 unspecified atom stereocenters. The van der Waals surface area contributed by atoms with Crippen molar-refractivity contribution in [1.82, 2.24) is 5.32 Å². The zero-order valence-electron chi connectivity index (χ0n) is 7.67. The van der Waals surface area contributed by atoms with Crippen molar-refractivity contribution in [2.75, 3.05) is 26.8 Å². The highest BCUT2D eigenvalue weighted by Gasteiger charge is 2.11. The largest absolute Gasteiger partial charge is 0.469 e. The number of carbonyl (C=O) groups excluding carboxylic acids is 1. The number of hydrogen-bond donors (Lipinski definition) is 2. The van der Waals surface area contributed by atoms with Gasteiger partial charge >= 0.3 is 5.97 Å². The van der Waals surface area contributed by atoms with Crippen molar-refractivity contribution < 1.29 is 14.6 Å². The molecule has 0 spiro atoms. The Labute approximate surface area is 72.9 Å². The van der Waals surface area contributed by atoms with Gasteiger partial charge in [-0.2, -0.15) is 0 Å². The predicted octanol–water partition coefficient (Wildman–Crippen LogP) is -0.233. The summed E-state index contributed by atoms with van der Waals surface area (Å²) in [6.45, 7) is 3.32. The fourth-order valence-electron chi connectivity index (χ4n) is 0.807. The molecule has 4 nitrogen and oxygen atoms in total. The highest BCUT2D eigenvalue weighted by molar-refractivity contribution is 5.71. The average molecular weight is 175 g/mol. The lowest BCUT2D eigenvalue weighted by atomic mass is 10.2.